The standard InChI is InChI=1S/C12H14N2OS/c1-9-8-16-12(14-11(9)15)13-7-10-5-3-2-4-6-10/h2-6,9H,7-8H2,1H3,(H,13,14,15). The van der Waals surface area contributed by atoms with Gasteiger partial charge in [0.1, 0.15) is 0 Å². The van der Waals surface area contributed by atoms with Gasteiger partial charge in [0, 0.05) is 11.7 Å². The third-order valence-electron chi connectivity index (χ3n) is 2.40. The fourth-order valence-corrected chi connectivity index (χ4v) is 2.26. The second-order valence-electron chi connectivity index (χ2n) is 3.81. The number of carbonyl (C=O) groups excluding carboxylic acids is 1. The maximum Gasteiger partial charge on any atom is 0.229 e. The molecule has 1 N–H and O–H groups in total. The van der Waals surface area contributed by atoms with Crippen LogP contribution in [0.5, 0.6) is 0 Å². The van der Waals surface area contributed by atoms with Gasteiger partial charge < -0.3 is 5.32 Å². The van der Waals surface area contributed by atoms with E-state index in [1.54, 1.807) is 11.8 Å². The fourth-order valence-electron chi connectivity index (χ4n) is 1.38. The Bertz CT molecular complexity index is 403. The summed E-state index contributed by atoms with van der Waals surface area (Å²) < 4.78 is 0. The zero-order valence-corrected chi connectivity index (χ0v) is 9.96. The van der Waals surface area contributed by atoms with Crippen molar-refractivity contribution in [3.05, 3.63) is 35.9 Å². The Morgan fingerprint density at radius 2 is 2.19 bits per heavy atom. The number of rotatable bonds is 2. The number of amides is 1. The van der Waals surface area contributed by atoms with Crippen LogP contribution in [0.2, 0.25) is 0 Å². The summed E-state index contributed by atoms with van der Waals surface area (Å²) in [6.45, 7) is 2.55. The summed E-state index contributed by atoms with van der Waals surface area (Å²) >= 11 is 1.61. The number of thioether (sulfide) groups is 1. The smallest absolute Gasteiger partial charge is 0.229 e. The van der Waals surface area contributed by atoms with Crippen molar-refractivity contribution in [2.24, 2.45) is 10.9 Å². The van der Waals surface area contributed by atoms with Crippen molar-refractivity contribution in [2.75, 3.05) is 5.75 Å². The molecule has 1 unspecified atom stereocenters. The van der Waals surface area contributed by atoms with Crippen molar-refractivity contribution in [1.82, 2.24) is 5.32 Å². The van der Waals surface area contributed by atoms with E-state index in [1.807, 2.05) is 37.3 Å². The minimum absolute atomic E-state index is 0.0746. The maximum atomic E-state index is 11.4. The lowest BCUT2D eigenvalue weighted by atomic mass is 10.2. The largest absolute Gasteiger partial charge is 0.305 e. The van der Waals surface area contributed by atoms with E-state index >= 15 is 0 Å². The van der Waals surface area contributed by atoms with Crippen LogP contribution in [0.15, 0.2) is 35.3 Å². The molecule has 0 bridgehead atoms. The highest BCUT2D eigenvalue weighted by atomic mass is 32.2. The summed E-state index contributed by atoms with van der Waals surface area (Å²) in [6, 6.07) is 10.0. The third kappa shape index (κ3) is 2.85. The molecule has 1 fully saturated rings. The molecule has 1 saturated heterocycles. The van der Waals surface area contributed by atoms with Gasteiger partial charge in [0.15, 0.2) is 5.17 Å². The van der Waals surface area contributed by atoms with Gasteiger partial charge in [-0.2, -0.15) is 0 Å². The molecule has 1 aliphatic heterocycles. The van der Waals surface area contributed by atoms with Gasteiger partial charge in [0.2, 0.25) is 5.91 Å². The van der Waals surface area contributed by atoms with Gasteiger partial charge in [-0.1, -0.05) is 49.0 Å². The van der Waals surface area contributed by atoms with Crippen LogP contribution in [0.25, 0.3) is 0 Å². The number of aliphatic imine (C=N–C) groups is 1. The minimum Gasteiger partial charge on any atom is -0.305 e. The third-order valence-corrected chi connectivity index (χ3v) is 3.57. The molecule has 3 nitrogen and oxygen atoms in total. The highest BCUT2D eigenvalue weighted by molar-refractivity contribution is 8.14. The van der Waals surface area contributed by atoms with Gasteiger partial charge in [-0.3, -0.25) is 9.79 Å². The number of hydrogen-bond donors (Lipinski definition) is 1. The lowest BCUT2D eigenvalue weighted by Gasteiger charge is -2.19. The van der Waals surface area contributed by atoms with Crippen molar-refractivity contribution in [2.45, 2.75) is 13.5 Å². The van der Waals surface area contributed by atoms with Gasteiger partial charge in [-0.05, 0) is 5.56 Å². The Kier molecular flexibility index (Phi) is 3.62. The van der Waals surface area contributed by atoms with Gasteiger partial charge in [0.25, 0.3) is 0 Å². The Morgan fingerprint density at radius 3 is 2.88 bits per heavy atom. The Labute approximate surface area is 99.3 Å². The molecule has 2 rings (SSSR count). The van der Waals surface area contributed by atoms with E-state index in [9.17, 15) is 4.79 Å². The second-order valence-corrected chi connectivity index (χ2v) is 4.82. The average Bonchev–Trinajstić information content (AvgIpc) is 2.32. The molecule has 1 amide bonds. The molecule has 0 aliphatic carbocycles. The summed E-state index contributed by atoms with van der Waals surface area (Å²) in [4.78, 5) is 15.8. The first-order valence-electron chi connectivity index (χ1n) is 5.28. The monoisotopic (exact) mass is 234 g/mol. The molecule has 16 heavy (non-hydrogen) atoms. The molecule has 0 aromatic heterocycles. The maximum absolute atomic E-state index is 11.4. The Balaban J connectivity index is 1.96. The molecule has 1 aromatic carbocycles. The number of carbonyl (C=O) groups is 1. The van der Waals surface area contributed by atoms with Crippen LogP contribution in [-0.2, 0) is 11.3 Å². The summed E-state index contributed by atoms with van der Waals surface area (Å²) in [6.07, 6.45) is 0. The van der Waals surface area contributed by atoms with E-state index in [4.69, 9.17) is 0 Å². The zero-order chi connectivity index (χ0) is 11.4. The molecule has 0 saturated carbocycles. The first-order chi connectivity index (χ1) is 7.75. The topological polar surface area (TPSA) is 41.5 Å². The highest BCUT2D eigenvalue weighted by Gasteiger charge is 2.21. The highest BCUT2D eigenvalue weighted by Crippen LogP contribution is 2.16. The predicted molar refractivity (Wildman–Crippen MR) is 67.3 cm³/mol. The number of hydrogen-bond acceptors (Lipinski definition) is 3. The minimum atomic E-state index is 0.0746. The number of nitrogens with one attached hydrogen (secondary N) is 1. The summed E-state index contributed by atoms with van der Waals surface area (Å²) in [5, 5.41) is 3.55. The van der Waals surface area contributed by atoms with Gasteiger partial charge in [0.05, 0.1) is 6.54 Å². The summed E-state index contributed by atoms with van der Waals surface area (Å²) in [5.74, 6) is 0.977. The first-order valence-corrected chi connectivity index (χ1v) is 6.26. The van der Waals surface area contributed by atoms with Crippen LogP contribution in [0.1, 0.15) is 12.5 Å². The van der Waals surface area contributed by atoms with E-state index in [-0.39, 0.29) is 11.8 Å². The molecule has 1 aliphatic rings. The van der Waals surface area contributed by atoms with Crippen LogP contribution in [0.4, 0.5) is 0 Å². The van der Waals surface area contributed by atoms with Crippen LogP contribution in [-0.4, -0.2) is 16.8 Å². The average molecular weight is 234 g/mol. The normalized spacial score (nSPS) is 23.2. The fraction of sp³-hybridized carbons (Fsp3) is 0.333. The number of nitrogens with zero attached hydrogens (tertiary/aromatic N) is 1. The van der Waals surface area contributed by atoms with E-state index in [0.29, 0.717) is 6.54 Å². The molecule has 1 heterocycles. The summed E-state index contributed by atoms with van der Waals surface area (Å²) in [5.41, 5.74) is 1.16. The molecular formula is C12H14N2OS. The van der Waals surface area contributed by atoms with Gasteiger partial charge >= 0.3 is 0 Å². The molecule has 84 valence electrons. The van der Waals surface area contributed by atoms with Crippen LogP contribution < -0.4 is 5.32 Å². The van der Waals surface area contributed by atoms with Crippen molar-refractivity contribution in [3.63, 3.8) is 0 Å². The van der Waals surface area contributed by atoms with Crippen molar-refractivity contribution >= 4 is 22.8 Å². The van der Waals surface area contributed by atoms with Crippen molar-refractivity contribution < 1.29 is 4.79 Å². The first kappa shape index (κ1) is 11.2. The van der Waals surface area contributed by atoms with E-state index < -0.39 is 0 Å². The van der Waals surface area contributed by atoms with Gasteiger partial charge in [-0.25, -0.2) is 0 Å². The van der Waals surface area contributed by atoms with Crippen LogP contribution in [0.3, 0.4) is 0 Å². The Morgan fingerprint density at radius 1 is 1.44 bits per heavy atom. The van der Waals surface area contributed by atoms with Crippen LogP contribution >= 0.6 is 11.8 Å². The van der Waals surface area contributed by atoms with Crippen molar-refractivity contribution in [1.29, 1.82) is 0 Å². The lowest BCUT2D eigenvalue weighted by molar-refractivity contribution is -0.122. The molecule has 0 radical (unpaired) electrons. The molecule has 1 aromatic rings. The lowest BCUT2D eigenvalue weighted by Crippen LogP contribution is -2.39. The predicted octanol–water partition coefficient (Wildman–Crippen LogP) is 2.04. The molecule has 0 spiro atoms. The molecule has 4 heteroatoms. The van der Waals surface area contributed by atoms with E-state index in [1.165, 1.54) is 0 Å². The Hall–Kier alpha value is -1.29. The number of benzene rings is 1. The second kappa shape index (κ2) is 5.16. The molecule has 1 atom stereocenters. The quantitative estimate of drug-likeness (QED) is 0.850. The van der Waals surface area contributed by atoms with Crippen molar-refractivity contribution in [3.8, 4) is 0 Å². The zero-order valence-electron chi connectivity index (χ0n) is 9.14. The number of amidine groups is 1. The molecular weight excluding hydrogens is 220 g/mol. The summed E-state index contributed by atoms with van der Waals surface area (Å²) in [7, 11) is 0. The SMILES string of the molecule is CC1CSC(=NCc2ccccc2)NC1=O. The van der Waals surface area contributed by atoms with Crippen LogP contribution in [0, 0.1) is 5.92 Å². The van der Waals surface area contributed by atoms with E-state index in [2.05, 4.69) is 10.3 Å². The van der Waals surface area contributed by atoms with E-state index in [0.717, 1.165) is 16.5 Å². The van der Waals surface area contributed by atoms with Gasteiger partial charge in [-0.15, -0.1) is 0 Å².